The first kappa shape index (κ1) is 20.0. The summed E-state index contributed by atoms with van der Waals surface area (Å²) in [7, 11) is 0. The van der Waals surface area contributed by atoms with Crippen molar-refractivity contribution in [3.8, 4) is 0 Å². The van der Waals surface area contributed by atoms with Crippen molar-refractivity contribution in [2.24, 2.45) is 5.92 Å². The van der Waals surface area contributed by atoms with Gasteiger partial charge in [-0.1, -0.05) is 56.3 Å². The number of nitrogens with one attached hydrogen (secondary N) is 2. The summed E-state index contributed by atoms with van der Waals surface area (Å²) >= 11 is 1.32. The van der Waals surface area contributed by atoms with Gasteiger partial charge >= 0.3 is 0 Å². The first-order valence-corrected chi connectivity index (χ1v) is 9.89. The lowest BCUT2D eigenvalue weighted by Crippen LogP contribution is -2.33. The first-order chi connectivity index (χ1) is 12.5. The van der Waals surface area contributed by atoms with Gasteiger partial charge in [-0.05, 0) is 36.1 Å². The molecule has 0 aliphatic rings. The van der Waals surface area contributed by atoms with Crippen LogP contribution in [0.5, 0.6) is 0 Å². The third kappa shape index (κ3) is 6.56. The maximum atomic E-state index is 12.3. The monoisotopic (exact) mass is 370 g/mol. The Hall–Kier alpha value is -2.27. The number of carbonyl (C=O) groups excluding carboxylic acids is 2. The summed E-state index contributed by atoms with van der Waals surface area (Å²) in [4.78, 5) is 24.2. The summed E-state index contributed by atoms with van der Waals surface area (Å²) in [5.74, 6) is 0.643. The van der Waals surface area contributed by atoms with Crippen LogP contribution in [0.3, 0.4) is 0 Å². The predicted molar refractivity (Wildman–Crippen MR) is 109 cm³/mol. The van der Waals surface area contributed by atoms with E-state index in [4.69, 9.17) is 0 Å². The van der Waals surface area contributed by atoms with Crippen LogP contribution >= 0.6 is 11.8 Å². The van der Waals surface area contributed by atoms with Gasteiger partial charge in [-0.2, -0.15) is 0 Å². The molecule has 5 heteroatoms. The molecule has 0 radical (unpaired) electrons. The molecule has 0 saturated carbocycles. The lowest BCUT2D eigenvalue weighted by Gasteiger charge is -2.22. The summed E-state index contributed by atoms with van der Waals surface area (Å²) in [6, 6.07) is 17.6. The van der Waals surface area contributed by atoms with Gasteiger partial charge in [0.2, 0.25) is 11.8 Å². The van der Waals surface area contributed by atoms with Crippen LogP contribution in [0.1, 0.15) is 31.0 Å². The summed E-state index contributed by atoms with van der Waals surface area (Å²) in [5, 5.41) is 5.92. The molecule has 0 spiro atoms. The summed E-state index contributed by atoms with van der Waals surface area (Å²) in [5.41, 5.74) is 2.97. The minimum atomic E-state index is -0.100. The molecule has 0 bridgehead atoms. The third-order valence-electron chi connectivity index (χ3n) is 3.91. The Balaban J connectivity index is 1.78. The van der Waals surface area contributed by atoms with E-state index in [2.05, 4.69) is 24.5 Å². The van der Waals surface area contributed by atoms with Crippen LogP contribution in [0, 0.1) is 12.8 Å². The molecule has 0 aliphatic carbocycles. The number of hydrogen-bond donors (Lipinski definition) is 2. The number of amides is 2. The van der Waals surface area contributed by atoms with Crippen LogP contribution in [0.15, 0.2) is 54.6 Å². The van der Waals surface area contributed by atoms with Crippen LogP contribution in [0.4, 0.5) is 5.69 Å². The van der Waals surface area contributed by atoms with Crippen LogP contribution in [0.2, 0.25) is 0 Å². The molecule has 138 valence electrons. The quantitative estimate of drug-likeness (QED) is 0.733. The summed E-state index contributed by atoms with van der Waals surface area (Å²) in [6.45, 7) is 6.15. The first-order valence-electron chi connectivity index (χ1n) is 8.74. The molecule has 2 amide bonds. The molecule has 4 nitrogen and oxygen atoms in total. The number of thioether (sulfide) groups is 1. The molecule has 2 N–H and O–H groups in total. The molecule has 2 aromatic rings. The van der Waals surface area contributed by atoms with Gasteiger partial charge in [-0.3, -0.25) is 9.59 Å². The van der Waals surface area contributed by atoms with Crippen LogP contribution in [-0.2, 0) is 9.59 Å². The highest BCUT2D eigenvalue weighted by Crippen LogP contribution is 2.21. The smallest absolute Gasteiger partial charge is 0.234 e. The fraction of sp³-hybridized carbons (Fsp3) is 0.333. The van der Waals surface area contributed by atoms with E-state index in [1.165, 1.54) is 11.8 Å². The lowest BCUT2D eigenvalue weighted by atomic mass is 9.96. The Morgan fingerprint density at radius 1 is 0.962 bits per heavy atom. The molecular formula is C21H26N2O2S. The minimum Gasteiger partial charge on any atom is -0.348 e. The maximum Gasteiger partial charge on any atom is 0.234 e. The van der Waals surface area contributed by atoms with Gasteiger partial charge in [0.15, 0.2) is 0 Å². The summed E-state index contributed by atoms with van der Waals surface area (Å²) in [6.07, 6.45) is 0. The van der Waals surface area contributed by atoms with E-state index in [1.54, 1.807) is 0 Å². The van der Waals surface area contributed by atoms with Gasteiger partial charge < -0.3 is 10.6 Å². The van der Waals surface area contributed by atoms with Crippen molar-refractivity contribution < 1.29 is 9.59 Å². The second-order valence-corrected chi connectivity index (χ2v) is 7.60. The van der Waals surface area contributed by atoms with Crippen molar-refractivity contribution in [3.05, 3.63) is 65.7 Å². The lowest BCUT2D eigenvalue weighted by molar-refractivity contribution is -0.119. The van der Waals surface area contributed by atoms with Gasteiger partial charge in [0, 0.05) is 5.69 Å². The standard InChI is InChI=1S/C21H26N2O2S/c1-15(2)21(17-9-5-4-6-10-17)23-20(25)14-26-13-19(24)22-18-11-7-8-16(3)12-18/h4-12,15,21H,13-14H2,1-3H3,(H,22,24)(H,23,25). The zero-order valence-electron chi connectivity index (χ0n) is 15.5. The number of rotatable bonds is 8. The van der Waals surface area contributed by atoms with E-state index in [0.717, 1.165) is 16.8 Å². The molecule has 26 heavy (non-hydrogen) atoms. The second-order valence-electron chi connectivity index (χ2n) is 6.61. The van der Waals surface area contributed by atoms with Gasteiger partial charge in [0.1, 0.15) is 0 Å². The molecule has 0 heterocycles. The van der Waals surface area contributed by atoms with E-state index in [0.29, 0.717) is 0 Å². The van der Waals surface area contributed by atoms with Crippen molar-refractivity contribution in [2.45, 2.75) is 26.8 Å². The Labute approximate surface area is 159 Å². The normalized spacial score (nSPS) is 11.8. The maximum absolute atomic E-state index is 12.3. The minimum absolute atomic E-state index is 0.0228. The largest absolute Gasteiger partial charge is 0.348 e. The highest BCUT2D eigenvalue weighted by molar-refractivity contribution is 8.00. The average Bonchev–Trinajstić information content (AvgIpc) is 2.60. The molecular weight excluding hydrogens is 344 g/mol. The zero-order chi connectivity index (χ0) is 18.9. The van der Waals surface area contributed by atoms with E-state index >= 15 is 0 Å². The number of aryl methyl sites for hydroxylation is 1. The Morgan fingerprint density at radius 2 is 1.65 bits per heavy atom. The molecule has 1 unspecified atom stereocenters. The number of hydrogen-bond acceptors (Lipinski definition) is 3. The Bertz CT molecular complexity index is 732. The second kappa shape index (κ2) is 10.0. The predicted octanol–water partition coefficient (Wildman–Crippen LogP) is 4.18. The van der Waals surface area contributed by atoms with Crippen LogP contribution < -0.4 is 10.6 Å². The van der Waals surface area contributed by atoms with Crippen LogP contribution in [-0.4, -0.2) is 23.3 Å². The highest BCUT2D eigenvalue weighted by Gasteiger charge is 2.18. The van der Waals surface area contributed by atoms with E-state index < -0.39 is 0 Å². The topological polar surface area (TPSA) is 58.2 Å². The Morgan fingerprint density at radius 3 is 2.31 bits per heavy atom. The molecule has 1 atom stereocenters. The van der Waals surface area contributed by atoms with E-state index in [9.17, 15) is 9.59 Å². The van der Waals surface area contributed by atoms with Crippen molar-refractivity contribution in [3.63, 3.8) is 0 Å². The average molecular weight is 371 g/mol. The van der Waals surface area contributed by atoms with Gasteiger partial charge in [0.05, 0.1) is 17.5 Å². The fourth-order valence-corrected chi connectivity index (χ4v) is 3.30. The SMILES string of the molecule is Cc1cccc(NC(=O)CSCC(=O)NC(c2ccccc2)C(C)C)c1. The molecule has 0 fully saturated rings. The van der Waals surface area contributed by atoms with E-state index in [-0.39, 0.29) is 35.3 Å². The highest BCUT2D eigenvalue weighted by atomic mass is 32.2. The summed E-state index contributed by atoms with van der Waals surface area (Å²) < 4.78 is 0. The third-order valence-corrected chi connectivity index (χ3v) is 4.84. The molecule has 0 saturated heterocycles. The molecule has 0 aromatic heterocycles. The Kier molecular flexibility index (Phi) is 7.73. The molecule has 2 rings (SSSR count). The van der Waals surface area contributed by atoms with Gasteiger partial charge in [0.25, 0.3) is 0 Å². The van der Waals surface area contributed by atoms with Crippen molar-refractivity contribution in [1.29, 1.82) is 0 Å². The van der Waals surface area contributed by atoms with Crippen molar-refractivity contribution >= 4 is 29.3 Å². The zero-order valence-corrected chi connectivity index (χ0v) is 16.3. The molecule has 2 aromatic carbocycles. The van der Waals surface area contributed by atoms with Gasteiger partial charge in [-0.25, -0.2) is 0 Å². The fourth-order valence-electron chi connectivity index (χ4n) is 2.67. The van der Waals surface area contributed by atoms with E-state index in [1.807, 2.05) is 61.5 Å². The number of anilines is 1. The van der Waals surface area contributed by atoms with Gasteiger partial charge in [-0.15, -0.1) is 11.8 Å². The molecule has 0 aliphatic heterocycles. The number of carbonyl (C=O) groups is 2. The van der Waals surface area contributed by atoms with Crippen molar-refractivity contribution in [1.82, 2.24) is 5.32 Å². The van der Waals surface area contributed by atoms with Crippen molar-refractivity contribution in [2.75, 3.05) is 16.8 Å². The van der Waals surface area contributed by atoms with Crippen LogP contribution in [0.25, 0.3) is 0 Å². The number of benzene rings is 2.